The minimum absolute atomic E-state index is 0.116. The lowest BCUT2D eigenvalue weighted by Gasteiger charge is -2.39. The molecule has 5 atom stereocenters. The summed E-state index contributed by atoms with van der Waals surface area (Å²) in [7, 11) is 0. The molecule has 2 aromatic carbocycles. The van der Waals surface area contributed by atoms with Gasteiger partial charge in [0, 0.05) is 44.9 Å². The molecular formula is C49H45NS. The molecule has 2 aromatic rings. The van der Waals surface area contributed by atoms with Gasteiger partial charge in [-0.1, -0.05) is 135 Å². The van der Waals surface area contributed by atoms with Gasteiger partial charge in [0.25, 0.3) is 0 Å². The third-order valence-electron chi connectivity index (χ3n) is 12.6. The number of hydrogen-bond acceptors (Lipinski definition) is 2. The SMILES string of the molecule is CC1(C)c2ccccc2C2=CC(N(C3=CCC(C4=CC5c6ccccc6SC5C=C4)C=C3)C3=C(C4=CCCC=C4)C4=CC=CCC4C=C3)=CCC21. The maximum atomic E-state index is 2.61. The van der Waals surface area contributed by atoms with Gasteiger partial charge in [-0.3, -0.25) is 0 Å². The molecule has 2 heteroatoms. The van der Waals surface area contributed by atoms with Crippen LogP contribution in [-0.4, -0.2) is 10.1 Å². The van der Waals surface area contributed by atoms with Crippen LogP contribution in [0.3, 0.4) is 0 Å². The van der Waals surface area contributed by atoms with Gasteiger partial charge in [0.15, 0.2) is 0 Å². The monoisotopic (exact) mass is 679 g/mol. The number of benzene rings is 2. The molecule has 7 aliphatic carbocycles. The first-order valence-corrected chi connectivity index (χ1v) is 19.9. The summed E-state index contributed by atoms with van der Waals surface area (Å²) in [5.74, 6) is 1.76. The first-order chi connectivity index (χ1) is 25.0. The highest BCUT2D eigenvalue weighted by atomic mass is 32.2. The molecule has 0 aromatic heterocycles. The minimum atomic E-state index is 0.116. The zero-order valence-corrected chi connectivity index (χ0v) is 30.5. The minimum Gasteiger partial charge on any atom is -0.311 e. The van der Waals surface area contributed by atoms with E-state index >= 15 is 0 Å². The maximum Gasteiger partial charge on any atom is 0.0539 e. The van der Waals surface area contributed by atoms with Crippen molar-refractivity contribution in [2.24, 2.45) is 17.8 Å². The Kier molecular flexibility index (Phi) is 7.54. The molecule has 0 N–H and O–H groups in total. The molecule has 0 bridgehead atoms. The second-order valence-electron chi connectivity index (χ2n) is 15.8. The van der Waals surface area contributed by atoms with Crippen LogP contribution in [0.1, 0.15) is 68.6 Å². The molecular weight excluding hydrogens is 635 g/mol. The summed E-state index contributed by atoms with van der Waals surface area (Å²) in [5, 5.41) is 0.514. The first kappa shape index (κ1) is 31.2. The number of nitrogens with zero attached hydrogens (tertiary/aromatic N) is 1. The fourth-order valence-electron chi connectivity index (χ4n) is 9.88. The summed E-state index contributed by atoms with van der Waals surface area (Å²) in [6.07, 6.45) is 44.3. The van der Waals surface area contributed by atoms with Crippen LogP contribution < -0.4 is 0 Å². The van der Waals surface area contributed by atoms with Crippen molar-refractivity contribution in [1.82, 2.24) is 4.90 Å². The molecule has 0 fully saturated rings. The molecule has 0 radical (unpaired) electrons. The van der Waals surface area contributed by atoms with E-state index in [1.54, 1.807) is 0 Å². The molecule has 5 unspecified atom stereocenters. The average molecular weight is 680 g/mol. The van der Waals surface area contributed by atoms with Gasteiger partial charge in [0.2, 0.25) is 0 Å². The van der Waals surface area contributed by atoms with Crippen molar-refractivity contribution in [3.05, 3.63) is 202 Å². The van der Waals surface area contributed by atoms with E-state index in [-0.39, 0.29) is 5.41 Å². The Morgan fingerprint density at radius 3 is 2.49 bits per heavy atom. The van der Waals surface area contributed by atoms with Crippen LogP contribution in [0.25, 0.3) is 5.57 Å². The van der Waals surface area contributed by atoms with Crippen molar-refractivity contribution in [3.63, 3.8) is 0 Å². The predicted molar refractivity (Wildman–Crippen MR) is 215 cm³/mol. The van der Waals surface area contributed by atoms with Crippen molar-refractivity contribution in [2.45, 2.75) is 67.4 Å². The topological polar surface area (TPSA) is 3.24 Å². The van der Waals surface area contributed by atoms with Gasteiger partial charge in [-0.25, -0.2) is 0 Å². The summed E-state index contributed by atoms with van der Waals surface area (Å²) >= 11 is 2.02. The fourth-order valence-corrected chi connectivity index (χ4v) is 11.2. The largest absolute Gasteiger partial charge is 0.311 e. The van der Waals surface area contributed by atoms with Crippen molar-refractivity contribution in [2.75, 3.05) is 0 Å². The van der Waals surface area contributed by atoms with Crippen molar-refractivity contribution < 1.29 is 0 Å². The summed E-state index contributed by atoms with van der Waals surface area (Å²) in [6.45, 7) is 4.88. The van der Waals surface area contributed by atoms with E-state index in [1.807, 2.05) is 11.8 Å². The summed E-state index contributed by atoms with van der Waals surface area (Å²) in [5.41, 5.74) is 15.6. The molecule has 10 rings (SSSR count). The van der Waals surface area contributed by atoms with Crippen LogP contribution in [-0.2, 0) is 5.41 Å². The Labute approximate surface area is 308 Å². The Morgan fingerprint density at radius 1 is 0.745 bits per heavy atom. The second kappa shape index (κ2) is 12.3. The van der Waals surface area contributed by atoms with Gasteiger partial charge in [-0.05, 0) is 107 Å². The molecule has 252 valence electrons. The highest BCUT2D eigenvalue weighted by Gasteiger charge is 2.44. The molecule has 51 heavy (non-hydrogen) atoms. The Morgan fingerprint density at radius 2 is 1.61 bits per heavy atom. The number of fused-ring (bicyclic) bond motifs is 7. The highest BCUT2D eigenvalue weighted by Crippen LogP contribution is 2.55. The quantitative estimate of drug-likeness (QED) is 0.309. The van der Waals surface area contributed by atoms with E-state index in [9.17, 15) is 0 Å². The lowest BCUT2D eigenvalue weighted by atomic mass is 9.74. The molecule has 0 saturated heterocycles. The molecule has 0 spiro atoms. The zero-order chi connectivity index (χ0) is 34.1. The molecule has 1 heterocycles. The summed E-state index contributed by atoms with van der Waals surface area (Å²) in [6, 6.07) is 18.1. The van der Waals surface area contributed by atoms with Gasteiger partial charge >= 0.3 is 0 Å². The van der Waals surface area contributed by atoms with Gasteiger partial charge in [-0.2, -0.15) is 0 Å². The number of rotatable bonds is 5. The van der Waals surface area contributed by atoms with Gasteiger partial charge in [-0.15, -0.1) is 11.8 Å². The number of thioether (sulfide) groups is 1. The zero-order valence-electron chi connectivity index (χ0n) is 29.6. The lowest BCUT2D eigenvalue weighted by Crippen LogP contribution is -2.29. The Hall–Kier alpha value is -4.53. The van der Waals surface area contributed by atoms with Gasteiger partial charge < -0.3 is 4.90 Å². The highest BCUT2D eigenvalue weighted by molar-refractivity contribution is 8.00. The van der Waals surface area contributed by atoms with E-state index in [2.05, 4.69) is 164 Å². The fraction of sp³-hybridized carbons (Fsp3) is 0.265. The number of hydrogen-bond donors (Lipinski definition) is 0. The third-order valence-corrected chi connectivity index (χ3v) is 13.9. The predicted octanol–water partition coefficient (Wildman–Crippen LogP) is 12.4. The van der Waals surface area contributed by atoms with E-state index in [1.165, 1.54) is 66.5 Å². The average Bonchev–Trinajstić information content (AvgIpc) is 3.67. The van der Waals surface area contributed by atoms with E-state index < -0.39 is 0 Å². The van der Waals surface area contributed by atoms with Crippen molar-refractivity contribution in [3.8, 4) is 0 Å². The van der Waals surface area contributed by atoms with Crippen LogP contribution in [0, 0.1) is 17.8 Å². The lowest BCUT2D eigenvalue weighted by molar-refractivity contribution is 0.409. The van der Waals surface area contributed by atoms with Gasteiger partial charge in [0.05, 0.1) is 5.70 Å². The Balaban J connectivity index is 1.07. The van der Waals surface area contributed by atoms with Crippen LogP contribution >= 0.6 is 11.8 Å². The Bertz CT molecular complexity index is 2210. The van der Waals surface area contributed by atoms with E-state index in [0.717, 1.165) is 32.1 Å². The van der Waals surface area contributed by atoms with Crippen LogP contribution in [0.5, 0.6) is 0 Å². The summed E-state index contributed by atoms with van der Waals surface area (Å²) < 4.78 is 0. The molecule has 0 saturated carbocycles. The second-order valence-corrected chi connectivity index (χ2v) is 17.0. The summed E-state index contributed by atoms with van der Waals surface area (Å²) in [4.78, 5) is 4.05. The van der Waals surface area contributed by atoms with Crippen LogP contribution in [0.4, 0.5) is 0 Å². The standard InChI is InChI=1S/C49H45NS/c1-49(2)43-18-10-8-16-39(43)41-31-37(26-27-44(41)49)50(45-28-22-33-12-6-7-15-38(33)48(45)34-13-4-3-5-14-34)36-24-20-32(21-25-36)35-23-29-47-42(30-35)40-17-9-11-19-46(40)51-47/h4,6-11,13-20,22-26,28-33,42,44,47H,3,5,12,21,27H2,1-2H3. The molecule has 1 nitrogen and oxygen atoms in total. The van der Waals surface area contributed by atoms with Crippen molar-refractivity contribution in [1.29, 1.82) is 0 Å². The molecule has 1 aliphatic heterocycles. The first-order valence-electron chi connectivity index (χ1n) is 19.1. The molecule has 0 amide bonds. The number of allylic oxidation sites excluding steroid dienone is 20. The van der Waals surface area contributed by atoms with Crippen molar-refractivity contribution >= 4 is 17.3 Å². The smallest absolute Gasteiger partial charge is 0.0539 e. The van der Waals surface area contributed by atoms with E-state index in [0.29, 0.717) is 28.9 Å². The van der Waals surface area contributed by atoms with Gasteiger partial charge in [0.1, 0.15) is 0 Å². The molecule has 8 aliphatic rings. The maximum absolute atomic E-state index is 2.61. The van der Waals surface area contributed by atoms with Crippen LogP contribution in [0.2, 0.25) is 0 Å². The van der Waals surface area contributed by atoms with E-state index in [4.69, 9.17) is 0 Å². The van der Waals surface area contributed by atoms with Crippen LogP contribution in [0.15, 0.2) is 190 Å². The third kappa shape index (κ3) is 5.13. The normalized spacial score (nSPS) is 29.1.